The number of sulfonamides is 1. The van der Waals surface area contributed by atoms with E-state index in [2.05, 4.69) is 5.32 Å². The molecule has 27 heavy (non-hydrogen) atoms. The summed E-state index contributed by atoms with van der Waals surface area (Å²) in [6.07, 6.45) is 4.52. The van der Waals surface area contributed by atoms with Crippen LogP contribution in [0.5, 0.6) is 5.75 Å². The predicted molar refractivity (Wildman–Crippen MR) is 102 cm³/mol. The van der Waals surface area contributed by atoms with Gasteiger partial charge in [-0.15, -0.1) is 0 Å². The van der Waals surface area contributed by atoms with Crippen molar-refractivity contribution < 1.29 is 22.8 Å². The number of ether oxygens (including phenoxy) is 1. The fraction of sp³-hybridized carbons (Fsp3) is 0.632. The summed E-state index contributed by atoms with van der Waals surface area (Å²) in [5.41, 5.74) is 0. The van der Waals surface area contributed by atoms with Crippen LogP contribution in [0.4, 0.5) is 0 Å². The second kappa shape index (κ2) is 8.58. The maximum Gasteiger partial charge on any atom is 0.278 e. The monoisotopic (exact) mass is 396 g/mol. The highest BCUT2D eigenvalue weighted by Crippen LogP contribution is 2.19. The van der Waals surface area contributed by atoms with Gasteiger partial charge in [-0.3, -0.25) is 4.79 Å². The molecule has 0 radical (unpaired) electrons. The molecule has 7 nitrogen and oxygen atoms in total. The summed E-state index contributed by atoms with van der Waals surface area (Å²) < 4.78 is 32.2. The van der Waals surface area contributed by atoms with Crippen LogP contribution in [0, 0.1) is 0 Å². The molecule has 1 aromatic rings. The summed E-state index contributed by atoms with van der Waals surface area (Å²) in [4.78, 5) is 13.9. The van der Waals surface area contributed by atoms with E-state index in [0.717, 1.165) is 17.7 Å². The second-order valence-electron chi connectivity index (χ2n) is 7.45. The maximum atomic E-state index is 12.8. The van der Waals surface area contributed by atoms with E-state index in [4.69, 9.17) is 4.74 Å². The number of carbonyl (C=O) groups is 1. The first-order valence-corrected chi connectivity index (χ1v) is 11.1. The average molecular weight is 397 g/mol. The van der Waals surface area contributed by atoms with Crippen LogP contribution in [-0.4, -0.2) is 64.0 Å². The molecule has 2 N–H and O–H groups in total. The first-order chi connectivity index (χ1) is 12.9. The molecule has 1 amide bonds. The fourth-order valence-corrected chi connectivity index (χ4v) is 5.37. The Morgan fingerprint density at radius 2 is 1.78 bits per heavy atom. The number of hydrogen-bond donors (Lipinski definition) is 2. The number of quaternary nitrogens is 1. The molecule has 0 spiro atoms. The summed E-state index contributed by atoms with van der Waals surface area (Å²) in [5.74, 6) is 0.716. The molecule has 1 aromatic carbocycles. The van der Waals surface area contributed by atoms with Crippen LogP contribution in [0.1, 0.15) is 32.6 Å². The normalized spacial score (nSPS) is 21.1. The third-order valence-corrected chi connectivity index (χ3v) is 7.68. The van der Waals surface area contributed by atoms with Gasteiger partial charge in [0.25, 0.3) is 5.91 Å². The van der Waals surface area contributed by atoms with Crippen molar-refractivity contribution in [1.82, 2.24) is 9.62 Å². The third kappa shape index (κ3) is 4.62. The summed E-state index contributed by atoms with van der Waals surface area (Å²) in [6.45, 7) is 4.05. The minimum atomic E-state index is -3.51. The maximum absolute atomic E-state index is 12.8. The van der Waals surface area contributed by atoms with E-state index in [-0.39, 0.29) is 16.8 Å². The lowest BCUT2D eigenvalue weighted by Gasteiger charge is -2.34. The summed E-state index contributed by atoms with van der Waals surface area (Å²) >= 11 is 0. The Labute approximate surface area is 161 Å². The van der Waals surface area contributed by atoms with Crippen molar-refractivity contribution >= 4 is 15.9 Å². The van der Waals surface area contributed by atoms with E-state index in [1.807, 2.05) is 6.92 Å². The first-order valence-electron chi connectivity index (χ1n) is 9.71. The van der Waals surface area contributed by atoms with Gasteiger partial charge in [0.1, 0.15) is 5.75 Å². The van der Waals surface area contributed by atoms with Gasteiger partial charge in [-0.2, -0.15) is 4.31 Å². The number of carbonyl (C=O) groups excluding carboxylic acids is 1. The SMILES string of the molecule is COc1ccc(S(=O)(=O)N2CC[NH+]([C@H](C)C(=O)NC3CCCC3)CC2)cc1. The quantitative estimate of drug-likeness (QED) is 0.711. The lowest BCUT2D eigenvalue weighted by Crippen LogP contribution is -3.19. The number of amides is 1. The Balaban J connectivity index is 1.56. The van der Waals surface area contributed by atoms with Crippen molar-refractivity contribution in [2.45, 2.75) is 49.6 Å². The Hall–Kier alpha value is -1.64. The molecule has 1 saturated heterocycles. The van der Waals surface area contributed by atoms with Crippen LogP contribution in [0.25, 0.3) is 0 Å². The van der Waals surface area contributed by atoms with Gasteiger partial charge in [-0.1, -0.05) is 12.8 Å². The van der Waals surface area contributed by atoms with E-state index in [9.17, 15) is 13.2 Å². The minimum Gasteiger partial charge on any atom is -0.497 e. The molecule has 8 heteroatoms. The van der Waals surface area contributed by atoms with Gasteiger partial charge in [-0.05, 0) is 44.0 Å². The molecule has 2 aliphatic rings. The Bertz CT molecular complexity index is 737. The van der Waals surface area contributed by atoms with E-state index >= 15 is 0 Å². The van der Waals surface area contributed by atoms with Crippen molar-refractivity contribution in [3.8, 4) is 5.75 Å². The average Bonchev–Trinajstić information content (AvgIpc) is 3.20. The van der Waals surface area contributed by atoms with E-state index in [1.54, 1.807) is 31.4 Å². The number of piperazine rings is 1. The number of nitrogens with one attached hydrogen (secondary N) is 2. The molecule has 150 valence electrons. The smallest absolute Gasteiger partial charge is 0.278 e. The van der Waals surface area contributed by atoms with Gasteiger partial charge >= 0.3 is 0 Å². The van der Waals surface area contributed by atoms with Crippen LogP contribution in [0.3, 0.4) is 0 Å². The molecule has 1 aliphatic heterocycles. The zero-order valence-electron chi connectivity index (χ0n) is 16.1. The van der Waals surface area contributed by atoms with Crippen LogP contribution in [0.15, 0.2) is 29.2 Å². The zero-order valence-corrected chi connectivity index (χ0v) is 16.9. The highest BCUT2D eigenvalue weighted by atomic mass is 32.2. The van der Waals surface area contributed by atoms with Crippen molar-refractivity contribution in [3.05, 3.63) is 24.3 Å². The van der Waals surface area contributed by atoms with Gasteiger partial charge < -0.3 is 15.0 Å². The minimum absolute atomic E-state index is 0.0864. The summed E-state index contributed by atoms with van der Waals surface area (Å²) in [6, 6.07) is 6.62. The second-order valence-corrected chi connectivity index (χ2v) is 9.39. The highest BCUT2D eigenvalue weighted by Gasteiger charge is 2.35. The highest BCUT2D eigenvalue weighted by molar-refractivity contribution is 7.89. The van der Waals surface area contributed by atoms with Crippen LogP contribution in [0.2, 0.25) is 0 Å². The van der Waals surface area contributed by atoms with Crippen molar-refractivity contribution in [1.29, 1.82) is 0 Å². The molecular weight excluding hydrogens is 366 g/mol. The van der Waals surface area contributed by atoms with Gasteiger partial charge in [0.15, 0.2) is 6.04 Å². The molecule has 1 atom stereocenters. The largest absolute Gasteiger partial charge is 0.497 e. The number of benzene rings is 1. The van der Waals surface area contributed by atoms with Crippen molar-refractivity contribution in [3.63, 3.8) is 0 Å². The summed E-state index contributed by atoms with van der Waals surface area (Å²) in [7, 11) is -1.96. The first kappa shape index (κ1) is 20.1. The molecule has 2 fully saturated rings. The van der Waals surface area contributed by atoms with Crippen molar-refractivity contribution in [2.75, 3.05) is 33.3 Å². The number of rotatable bonds is 6. The Morgan fingerprint density at radius 3 is 2.33 bits per heavy atom. The zero-order chi connectivity index (χ0) is 19.4. The topological polar surface area (TPSA) is 80.2 Å². The molecule has 1 aliphatic carbocycles. The van der Waals surface area contributed by atoms with Gasteiger partial charge in [0, 0.05) is 6.04 Å². The Kier molecular flexibility index (Phi) is 6.39. The van der Waals surface area contributed by atoms with Crippen LogP contribution < -0.4 is 15.0 Å². The van der Waals surface area contributed by atoms with E-state index in [1.165, 1.54) is 17.1 Å². The number of hydrogen-bond acceptors (Lipinski definition) is 4. The molecule has 0 aromatic heterocycles. The fourth-order valence-electron chi connectivity index (χ4n) is 3.93. The van der Waals surface area contributed by atoms with Crippen LogP contribution >= 0.6 is 0 Å². The number of methoxy groups -OCH3 is 1. The lowest BCUT2D eigenvalue weighted by molar-refractivity contribution is -0.917. The summed E-state index contributed by atoms with van der Waals surface area (Å²) in [5, 5.41) is 3.15. The molecular formula is C19H30N3O4S+. The third-order valence-electron chi connectivity index (χ3n) is 5.77. The molecule has 0 bridgehead atoms. The Morgan fingerprint density at radius 1 is 1.19 bits per heavy atom. The van der Waals surface area contributed by atoms with Gasteiger partial charge in [0.2, 0.25) is 10.0 Å². The standard InChI is InChI=1S/C19H29N3O4S/c1-15(19(23)20-16-5-3-4-6-16)21-11-13-22(14-12-21)27(24,25)18-9-7-17(26-2)8-10-18/h7-10,15-16H,3-6,11-14H2,1-2H3,(H,20,23)/p+1/t15-/m1/s1. The van der Waals surface area contributed by atoms with Crippen LogP contribution in [-0.2, 0) is 14.8 Å². The van der Waals surface area contributed by atoms with Crippen molar-refractivity contribution in [2.24, 2.45) is 0 Å². The lowest BCUT2D eigenvalue weighted by atomic mass is 10.2. The van der Waals surface area contributed by atoms with E-state index < -0.39 is 10.0 Å². The molecule has 1 saturated carbocycles. The van der Waals surface area contributed by atoms with Gasteiger partial charge in [-0.25, -0.2) is 8.42 Å². The molecule has 0 unspecified atom stereocenters. The number of nitrogens with zero attached hydrogens (tertiary/aromatic N) is 1. The molecule has 3 rings (SSSR count). The van der Waals surface area contributed by atoms with E-state index in [0.29, 0.717) is 38.0 Å². The van der Waals surface area contributed by atoms with Gasteiger partial charge in [0.05, 0.1) is 38.2 Å². The molecule has 1 heterocycles. The predicted octanol–water partition coefficient (Wildman–Crippen LogP) is 0.0317.